The maximum absolute atomic E-state index is 12.3. The number of hydrogen-bond donors (Lipinski definition) is 2. The van der Waals surface area contributed by atoms with Gasteiger partial charge in [0.15, 0.2) is 5.82 Å². The predicted molar refractivity (Wildman–Crippen MR) is 73.0 cm³/mol. The molecule has 0 aromatic carbocycles. The third-order valence-electron chi connectivity index (χ3n) is 2.88. The van der Waals surface area contributed by atoms with Crippen LogP contribution in [0.15, 0.2) is 22.3 Å². The van der Waals surface area contributed by atoms with Gasteiger partial charge in [-0.3, -0.25) is 14.7 Å². The van der Waals surface area contributed by atoms with Gasteiger partial charge in [-0.05, 0) is 18.4 Å². The molecule has 102 valence electrons. The maximum Gasteiger partial charge on any atom is 0.308 e. The zero-order chi connectivity index (χ0) is 14.3. The van der Waals surface area contributed by atoms with Crippen LogP contribution in [0.2, 0.25) is 0 Å². The maximum atomic E-state index is 12.3. The van der Waals surface area contributed by atoms with Gasteiger partial charge in [0.1, 0.15) is 0 Å². The fraction of sp³-hybridized carbons (Fsp3) is 0.167. The highest BCUT2D eigenvalue weighted by molar-refractivity contribution is 7.13. The molecule has 0 unspecified atom stereocenters. The number of carboxylic acid groups (broad SMARTS) is 1. The lowest BCUT2D eigenvalue weighted by molar-refractivity contribution is -0.136. The lowest BCUT2D eigenvalue weighted by Crippen LogP contribution is -2.24. The molecule has 0 aliphatic heterocycles. The van der Waals surface area contributed by atoms with Gasteiger partial charge < -0.3 is 5.11 Å². The highest BCUT2D eigenvalue weighted by Crippen LogP contribution is 2.20. The molecule has 0 amide bonds. The molecule has 3 heterocycles. The van der Waals surface area contributed by atoms with Gasteiger partial charge in [0.05, 0.1) is 22.6 Å². The van der Waals surface area contributed by atoms with Crippen LogP contribution in [0.5, 0.6) is 0 Å². The number of nitrogens with one attached hydrogen (secondary N) is 1. The molecule has 0 radical (unpaired) electrons. The summed E-state index contributed by atoms with van der Waals surface area (Å²) in [5, 5.41) is 13.6. The second-order valence-corrected chi connectivity index (χ2v) is 5.18. The van der Waals surface area contributed by atoms with Crippen LogP contribution in [-0.4, -0.2) is 30.7 Å². The summed E-state index contributed by atoms with van der Waals surface area (Å²) < 4.78 is 1.18. The molecule has 0 aliphatic carbocycles. The van der Waals surface area contributed by atoms with Crippen molar-refractivity contribution in [2.45, 2.75) is 13.3 Å². The Bertz CT molecular complexity index is 848. The number of carbonyl (C=O) groups is 1. The molecule has 0 atom stereocenters. The van der Waals surface area contributed by atoms with Crippen molar-refractivity contribution in [1.29, 1.82) is 0 Å². The number of aromatic amines is 1. The largest absolute Gasteiger partial charge is 0.481 e. The van der Waals surface area contributed by atoms with Gasteiger partial charge in [0, 0.05) is 0 Å². The van der Waals surface area contributed by atoms with Crippen LogP contribution in [0.4, 0.5) is 0 Å². The minimum absolute atomic E-state index is 0.163. The quantitative estimate of drug-likeness (QED) is 0.751. The van der Waals surface area contributed by atoms with Crippen molar-refractivity contribution in [2.24, 2.45) is 0 Å². The normalized spacial score (nSPS) is 11.1. The topological polar surface area (TPSA) is 100 Å². The first-order valence-corrected chi connectivity index (χ1v) is 6.68. The summed E-state index contributed by atoms with van der Waals surface area (Å²) in [6.45, 7) is 1.61. The molecule has 0 fully saturated rings. The smallest absolute Gasteiger partial charge is 0.308 e. The van der Waals surface area contributed by atoms with E-state index in [0.29, 0.717) is 11.5 Å². The van der Waals surface area contributed by atoms with Crippen molar-refractivity contribution >= 4 is 23.1 Å². The van der Waals surface area contributed by atoms with E-state index in [1.807, 2.05) is 17.5 Å². The van der Waals surface area contributed by atoms with Crippen molar-refractivity contribution < 1.29 is 9.90 Å². The van der Waals surface area contributed by atoms with E-state index >= 15 is 0 Å². The number of aliphatic carboxylic acids is 1. The van der Waals surface area contributed by atoms with Gasteiger partial charge in [-0.25, -0.2) is 4.98 Å². The van der Waals surface area contributed by atoms with E-state index in [4.69, 9.17) is 5.11 Å². The van der Waals surface area contributed by atoms with Crippen molar-refractivity contribution in [1.82, 2.24) is 19.6 Å². The fourth-order valence-electron chi connectivity index (χ4n) is 1.93. The molecule has 7 nitrogen and oxygen atoms in total. The summed E-state index contributed by atoms with van der Waals surface area (Å²) >= 11 is 1.49. The van der Waals surface area contributed by atoms with Crippen LogP contribution in [0, 0.1) is 6.92 Å². The van der Waals surface area contributed by atoms with Gasteiger partial charge in [-0.2, -0.15) is 9.50 Å². The minimum Gasteiger partial charge on any atom is -0.481 e. The number of H-pyrrole nitrogens is 1. The van der Waals surface area contributed by atoms with E-state index in [-0.39, 0.29) is 17.8 Å². The van der Waals surface area contributed by atoms with E-state index in [9.17, 15) is 9.59 Å². The van der Waals surface area contributed by atoms with Crippen molar-refractivity contribution in [2.75, 3.05) is 0 Å². The van der Waals surface area contributed by atoms with Crippen LogP contribution < -0.4 is 5.56 Å². The molecule has 3 aromatic heterocycles. The second kappa shape index (κ2) is 4.57. The Morgan fingerprint density at radius 2 is 2.30 bits per heavy atom. The van der Waals surface area contributed by atoms with Crippen molar-refractivity contribution in [3.8, 4) is 10.7 Å². The molecular formula is C12H10N4O3S. The monoisotopic (exact) mass is 290 g/mol. The molecule has 3 rings (SSSR count). The number of aromatic nitrogens is 4. The third kappa shape index (κ3) is 1.99. The number of nitrogens with zero attached hydrogens (tertiary/aromatic N) is 3. The fourth-order valence-corrected chi connectivity index (χ4v) is 2.60. The lowest BCUT2D eigenvalue weighted by atomic mass is 10.2. The number of rotatable bonds is 3. The number of carboxylic acids is 1. The molecular weight excluding hydrogens is 280 g/mol. The van der Waals surface area contributed by atoms with E-state index in [2.05, 4.69) is 15.1 Å². The number of hydrogen-bond acceptors (Lipinski definition) is 5. The first-order chi connectivity index (χ1) is 9.56. The summed E-state index contributed by atoms with van der Waals surface area (Å²) in [5.74, 6) is -0.286. The van der Waals surface area contributed by atoms with Gasteiger partial charge in [-0.15, -0.1) is 11.3 Å². The van der Waals surface area contributed by atoms with Crippen molar-refractivity contribution in [3.05, 3.63) is 39.1 Å². The van der Waals surface area contributed by atoms with E-state index in [1.54, 1.807) is 6.92 Å². The highest BCUT2D eigenvalue weighted by Gasteiger charge is 2.16. The van der Waals surface area contributed by atoms with Crippen LogP contribution >= 0.6 is 11.3 Å². The number of thiophene rings is 1. The molecule has 0 bridgehead atoms. The lowest BCUT2D eigenvalue weighted by Gasteiger charge is -2.01. The molecule has 0 saturated heterocycles. The molecule has 0 saturated carbocycles. The van der Waals surface area contributed by atoms with E-state index in [1.165, 1.54) is 15.9 Å². The summed E-state index contributed by atoms with van der Waals surface area (Å²) in [5.41, 5.74) is 0.128. The number of aryl methyl sites for hydroxylation is 1. The third-order valence-corrected chi connectivity index (χ3v) is 3.75. The molecule has 0 aliphatic rings. The zero-order valence-corrected chi connectivity index (χ0v) is 11.3. The van der Waals surface area contributed by atoms with E-state index < -0.39 is 11.5 Å². The van der Waals surface area contributed by atoms with E-state index in [0.717, 1.165) is 4.88 Å². The Labute approximate surface area is 116 Å². The zero-order valence-electron chi connectivity index (χ0n) is 10.5. The Morgan fingerprint density at radius 1 is 1.50 bits per heavy atom. The van der Waals surface area contributed by atoms with Crippen LogP contribution in [-0.2, 0) is 11.2 Å². The Hall–Kier alpha value is -2.48. The first kappa shape index (κ1) is 12.5. The molecule has 2 N–H and O–H groups in total. The summed E-state index contributed by atoms with van der Waals surface area (Å²) in [6.07, 6.45) is -0.353. The average molecular weight is 290 g/mol. The molecule has 20 heavy (non-hydrogen) atoms. The Morgan fingerprint density at radius 3 is 2.95 bits per heavy atom. The predicted octanol–water partition coefficient (Wildman–Crippen LogP) is 1.08. The van der Waals surface area contributed by atoms with Crippen LogP contribution in [0.25, 0.3) is 16.5 Å². The first-order valence-electron chi connectivity index (χ1n) is 5.80. The Kier molecular flexibility index (Phi) is 2.87. The molecule has 0 spiro atoms. The van der Waals surface area contributed by atoms with Crippen LogP contribution in [0.3, 0.4) is 0 Å². The SMILES string of the molecule is Cc1nc2nc(-c3cccs3)[nH]n2c(=O)c1CC(=O)O. The summed E-state index contributed by atoms with van der Waals surface area (Å²) in [6, 6.07) is 3.75. The van der Waals surface area contributed by atoms with Gasteiger partial charge >= 0.3 is 5.97 Å². The van der Waals surface area contributed by atoms with Gasteiger partial charge in [0.25, 0.3) is 11.3 Å². The highest BCUT2D eigenvalue weighted by atomic mass is 32.1. The second-order valence-electron chi connectivity index (χ2n) is 4.24. The summed E-state index contributed by atoms with van der Waals surface area (Å²) in [4.78, 5) is 32.4. The average Bonchev–Trinajstić information content (AvgIpc) is 3.01. The molecule has 3 aromatic rings. The Balaban J connectivity index is 2.22. The van der Waals surface area contributed by atoms with Crippen LogP contribution in [0.1, 0.15) is 11.3 Å². The van der Waals surface area contributed by atoms with Crippen molar-refractivity contribution in [3.63, 3.8) is 0 Å². The standard InChI is InChI=1S/C12H10N4O3S/c1-6-7(5-9(17)18)11(19)16-12(13-6)14-10(15-16)8-3-2-4-20-8/h2-4H,5H2,1H3,(H,17,18)(H,13,14,15). The minimum atomic E-state index is -1.06. The van der Waals surface area contributed by atoms with Gasteiger partial charge in [-0.1, -0.05) is 6.07 Å². The van der Waals surface area contributed by atoms with Gasteiger partial charge in [0.2, 0.25) is 0 Å². The molecule has 8 heteroatoms. The summed E-state index contributed by atoms with van der Waals surface area (Å²) in [7, 11) is 0. The number of fused-ring (bicyclic) bond motifs is 1.